The predicted octanol–water partition coefficient (Wildman–Crippen LogP) is 3.17. The monoisotopic (exact) mass is 348 g/mol. The molecule has 0 fully saturated rings. The SMILES string of the molecule is Cc1nn(Cc2cccnc2)c2nc(Nc3cc(C(C)C)[nH]n3)cnc12. The third kappa shape index (κ3) is 3.13. The summed E-state index contributed by atoms with van der Waals surface area (Å²) in [4.78, 5) is 13.4. The zero-order chi connectivity index (χ0) is 18.1. The molecule has 26 heavy (non-hydrogen) atoms. The van der Waals surface area contributed by atoms with E-state index in [0.29, 0.717) is 18.3 Å². The minimum Gasteiger partial charge on any atom is -0.322 e. The number of H-pyrrole nitrogens is 1. The topological polar surface area (TPSA) is 97.2 Å². The molecule has 0 aliphatic rings. The van der Waals surface area contributed by atoms with Crippen LogP contribution >= 0.6 is 0 Å². The minimum atomic E-state index is 0.384. The molecule has 0 unspecified atom stereocenters. The van der Waals surface area contributed by atoms with Gasteiger partial charge >= 0.3 is 0 Å². The van der Waals surface area contributed by atoms with Crippen molar-refractivity contribution in [2.45, 2.75) is 33.2 Å². The molecule has 4 aromatic heterocycles. The van der Waals surface area contributed by atoms with Gasteiger partial charge in [-0.05, 0) is 24.5 Å². The molecule has 0 atom stereocenters. The Labute approximate surface area is 150 Å². The quantitative estimate of drug-likeness (QED) is 0.575. The van der Waals surface area contributed by atoms with Crippen LogP contribution in [0.15, 0.2) is 36.8 Å². The van der Waals surface area contributed by atoms with E-state index >= 15 is 0 Å². The Hall–Kier alpha value is -3.29. The van der Waals surface area contributed by atoms with E-state index in [-0.39, 0.29) is 0 Å². The van der Waals surface area contributed by atoms with Crippen molar-refractivity contribution in [2.24, 2.45) is 0 Å². The normalized spacial score (nSPS) is 11.4. The molecule has 0 aromatic carbocycles. The first kappa shape index (κ1) is 16.2. The van der Waals surface area contributed by atoms with E-state index in [1.807, 2.05) is 36.0 Å². The molecule has 4 rings (SSSR count). The summed E-state index contributed by atoms with van der Waals surface area (Å²) in [7, 11) is 0. The number of hydrogen-bond acceptors (Lipinski definition) is 6. The molecule has 0 amide bonds. The first-order valence-corrected chi connectivity index (χ1v) is 8.51. The van der Waals surface area contributed by atoms with Gasteiger partial charge in [0.25, 0.3) is 0 Å². The van der Waals surface area contributed by atoms with E-state index in [0.717, 1.165) is 33.9 Å². The van der Waals surface area contributed by atoms with Crippen molar-refractivity contribution < 1.29 is 0 Å². The number of aryl methyl sites for hydroxylation is 1. The van der Waals surface area contributed by atoms with Gasteiger partial charge in [0.15, 0.2) is 17.3 Å². The van der Waals surface area contributed by atoms with Gasteiger partial charge < -0.3 is 5.32 Å². The van der Waals surface area contributed by atoms with Crippen LogP contribution in [0.2, 0.25) is 0 Å². The second-order valence-corrected chi connectivity index (χ2v) is 6.52. The van der Waals surface area contributed by atoms with Gasteiger partial charge in [0, 0.05) is 24.2 Å². The van der Waals surface area contributed by atoms with E-state index in [2.05, 4.69) is 44.4 Å². The lowest BCUT2D eigenvalue weighted by molar-refractivity contribution is 0.694. The van der Waals surface area contributed by atoms with Crippen LogP contribution < -0.4 is 5.32 Å². The van der Waals surface area contributed by atoms with Crippen LogP contribution in [0.3, 0.4) is 0 Å². The second-order valence-electron chi connectivity index (χ2n) is 6.52. The molecule has 0 saturated carbocycles. The molecule has 8 nitrogen and oxygen atoms in total. The summed E-state index contributed by atoms with van der Waals surface area (Å²) >= 11 is 0. The maximum Gasteiger partial charge on any atom is 0.179 e. The highest BCUT2D eigenvalue weighted by molar-refractivity contribution is 5.75. The van der Waals surface area contributed by atoms with Crippen LogP contribution in [0.1, 0.15) is 36.7 Å². The molecule has 0 spiro atoms. The van der Waals surface area contributed by atoms with E-state index in [1.165, 1.54) is 0 Å². The van der Waals surface area contributed by atoms with Crippen LogP contribution in [-0.4, -0.2) is 34.9 Å². The van der Waals surface area contributed by atoms with Crippen molar-refractivity contribution in [2.75, 3.05) is 5.32 Å². The lowest BCUT2D eigenvalue weighted by Gasteiger charge is -2.05. The Balaban J connectivity index is 1.65. The number of rotatable bonds is 5. The highest BCUT2D eigenvalue weighted by atomic mass is 15.3. The average molecular weight is 348 g/mol. The van der Waals surface area contributed by atoms with Gasteiger partial charge in [0.05, 0.1) is 18.4 Å². The van der Waals surface area contributed by atoms with E-state index < -0.39 is 0 Å². The van der Waals surface area contributed by atoms with Gasteiger partial charge in [-0.2, -0.15) is 10.2 Å². The Morgan fingerprint density at radius 1 is 1.23 bits per heavy atom. The fourth-order valence-corrected chi connectivity index (χ4v) is 2.75. The molecule has 0 aliphatic heterocycles. The van der Waals surface area contributed by atoms with Crippen molar-refractivity contribution in [3.63, 3.8) is 0 Å². The number of nitrogens with zero attached hydrogens (tertiary/aromatic N) is 6. The third-order valence-corrected chi connectivity index (χ3v) is 4.14. The number of pyridine rings is 1. The average Bonchev–Trinajstić information content (AvgIpc) is 3.21. The Kier molecular flexibility index (Phi) is 4.08. The van der Waals surface area contributed by atoms with Gasteiger partial charge in [-0.25, -0.2) is 14.6 Å². The number of hydrogen-bond donors (Lipinski definition) is 2. The van der Waals surface area contributed by atoms with Crippen molar-refractivity contribution in [3.8, 4) is 0 Å². The number of aromatic nitrogens is 7. The number of fused-ring (bicyclic) bond motifs is 1. The van der Waals surface area contributed by atoms with Crippen molar-refractivity contribution in [1.82, 2.24) is 34.9 Å². The summed E-state index contributed by atoms with van der Waals surface area (Å²) in [6.07, 6.45) is 5.29. The number of nitrogens with one attached hydrogen (secondary N) is 2. The fourth-order valence-electron chi connectivity index (χ4n) is 2.75. The van der Waals surface area contributed by atoms with Gasteiger partial charge in [0.2, 0.25) is 0 Å². The summed E-state index contributed by atoms with van der Waals surface area (Å²) in [6.45, 7) is 6.76. The summed E-state index contributed by atoms with van der Waals surface area (Å²) in [6, 6.07) is 5.91. The summed E-state index contributed by atoms with van der Waals surface area (Å²) in [5.41, 5.74) is 4.51. The van der Waals surface area contributed by atoms with Crippen LogP contribution in [-0.2, 0) is 6.54 Å². The van der Waals surface area contributed by atoms with Gasteiger partial charge in [-0.3, -0.25) is 10.1 Å². The standard InChI is InChI=1S/C18H20N8/c1-11(2)14-7-15(24-23-14)21-16-9-20-17-12(3)25-26(18(17)22-16)10-13-5-4-6-19-8-13/h4-9,11H,10H2,1-3H3,(H2,21,22,23,24). The summed E-state index contributed by atoms with van der Waals surface area (Å²) in [5, 5.41) is 15.1. The second kappa shape index (κ2) is 6.55. The maximum absolute atomic E-state index is 4.69. The lowest BCUT2D eigenvalue weighted by Crippen LogP contribution is -2.04. The van der Waals surface area contributed by atoms with E-state index in [9.17, 15) is 0 Å². The zero-order valence-electron chi connectivity index (χ0n) is 14.9. The summed E-state index contributed by atoms with van der Waals surface area (Å²) in [5.74, 6) is 1.74. The zero-order valence-corrected chi connectivity index (χ0v) is 14.9. The third-order valence-electron chi connectivity index (χ3n) is 4.14. The first-order valence-electron chi connectivity index (χ1n) is 8.51. The molecule has 0 aliphatic carbocycles. The molecule has 0 bridgehead atoms. The minimum absolute atomic E-state index is 0.384. The lowest BCUT2D eigenvalue weighted by atomic mass is 10.1. The molecular formula is C18H20N8. The maximum atomic E-state index is 4.69. The van der Waals surface area contributed by atoms with Crippen LogP contribution in [0.25, 0.3) is 11.2 Å². The van der Waals surface area contributed by atoms with Crippen molar-refractivity contribution in [3.05, 3.63) is 53.7 Å². The molecular weight excluding hydrogens is 328 g/mol. The number of aromatic amines is 1. The molecule has 2 N–H and O–H groups in total. The summed E-state index contributed by atoms with van der Waals surface area (Å²) < 4.78 is 1.85. The molecule has 0 saturated heterocycles. The molecule has 4 heterocycles. The van der Waals surface area contributed by atoms with Crippen LogP contribution in [0.4, 0.5) is 11.6 Å². The Morgan fingerprint density at radius 3 is 2.85 bits per heavy atom. The van der Waals surface area contributed by atoms with Crippen molar-refractivity contribution >= 4 is 22.8 Å². The highest BCUT2D eigenvalue weighted by Crippen LogP contribution is 2.21. The van der Waals surface area contributed by atoms with E-state index in [4.69, 9.17) is 4.98 Å². The predicted molar refractivity (Wildman–Crippen MR) is 99.4 cm³/mol. The molecule has 132 valence electrons. The molecule has 4 aromatic rings. The molecule has 8 heteroatoms. The van der Waals surface area contributed by atoms with Gasteiger partial charge in [-0.15, -0.1) is 0 Å². The molecule has 0 radical (unpaired) electrons. The Morgan fingerprint density at radius 2 is 2.12 bits per heavy atom. The van der Waals surface area contributed by atoms with Crippen LogP contribution in [0, 0.1) is 6.92 Å². The smallest absolute Gasteiger partial charge is 0.179 e. The van der Waals surface area contributed by atoms with Crippen molar-refractivity contribution in [1.29, 1.82) is 0 Å². The van der Waals surface area contributed by atoms with Crippen LogP contribution in [0.5, 0.6) is 0 Å². The van der Waals surface area contributed by atoms with Gasteiger partial charge in [-0.1, -0.05) is 19.9 Å². The van der Waals surface area contributed by atoms with Gasteiger partial charge in [0.1, 0.15) is 5.52 Å². The largest absolute Gasteiger partial charge is 0.322 e. The highest BCUT2D eigenvalue weighted by Gasteiger charge is 2.13. The fraction of sp³-hybridized carbons (Fsp3) is 0.278. The number of anilines is 2. The Bertz CT molecular complexity index is 1030. The van der Waals surface area contributed by atoms with E-state index in [1.54, 1.807) is 12.4 Å². The first-order chi connectivity index (χ1) is 12.6.